The van der Waals surface area contributed by atoms with Crippen LogP contribution >= 0.6 is 0 Å². The predicted molar refractivity (Wildman–Crippen MR) is 70.3 cm³/mol. The summed E-state index contributed by atoms with van der Waals surface area (Å²) in [6, 6.07) is 8.85. The summed E-state index contributed by atoms with van der Waals surface area (Å²) in [5.74, 6) is 0.184. The monoisotopic (exact) mass is 232 g/mol. The zero-order valence-corrected chi connectivity index (χ0v) is 10.6. The van der Waals surface area contributed by atoms with E-state index in [4.69, 9.17) is 0 Å². The molecule has 1 aliphatic carbocycles. The molecule has 1 amide bonds. The van der Waals surface area contributed by atoms with Crippen molar-refractivity contribution in [3.05, 3.63) is 29.8 Å². The summed E-state index contributed by atoms with van der Waals surface area (Å²) in [5.41, 5.74) is 2.41. The number of hydrogen-bond donors (Lipinski definition) is 1. The van der Waals surface area contributed by atoms with Crippen molar-refractivity contribution in [1.82, 2.24) is 5.32 Å². The molecule has 0 aromatic heterocycles. The smallest absolute Gasteiger partial charge is 0.220 e. The Bertz CT molecular complexity index is 380. The summed E-state index contributed by atoms with van der Waals surface area (Å²) in [7, 11) is 4.05. The second-order valence-electron chi connectivity index (χ2n) is 4.90. The summed E-state index contributed by atoms with van der Waals surface area (Å²) in [6.45, 7) is 0. The van der Waals surface area contributed by atoms with Crippen molar-refractivity contribution in [3.8, 4) is 0 Å². The first-order valence-corrected chi connectivity index (χ1v) is 6.21. The van der Waals surface area contributed by atoms with Crippen LogP contribution in [0.5, 0.6) is 0 Å². The van der Waals surface area contributed by atoms with Crippen LogP contribution < -0.4 is 10.2 Å². The third-order valence-electron chi connectivity index (χ3n) is 3.04. The Morgan fingerprint density at radius 2 is 1.94 bits per heavy atom. The summed E-state index contributed by atoms with van der Waals surface area (Å²) in [6.07, 6.45) is 3.73. The zero-order chi connectivity index (χ0) is 12.3. The lowest BCUT2D eigenvalue weighted by molar-refractivity contribution is -0.121. The molecule has 1 saturated carbocycles. The number of carbonyl (C=O) groups is 1. The number of nitrogens with one attached hydrogen (secondary N) is 1. The summed E-state index contributed by atoms with van der Waals surface area (Å²) < 4.78 is 0. The number of rotatable bonds is 5. The molecule has 1 N–H and O–H groups in total. The third-order valence-corrected chi connectivity index (χ3v) is 3.04. The lowest BCUT2D eigenvalue weighted by atomic mass is 10.1. The minimum atomic E-state index is 0.184. The Morgan fingerprint density at radius 1 is 1.29 bits per heavy atom. The standard InChI is InChI=1S/C14H20N2O/c1-16(2)13-8-3-11(4-9-13)5-10-14(17)15-12-6-7-12/h3-4,8-9,12H,5-7,10H2,1-2H3,(H,15,17). The van der Waals surface area contributed by atoms with Crippen LogP contribution in [-0.2, 0) is 11.2 Å². The molecule has 1 aromatic carbocycles. The lowest BCUT2D eigenvalue weighted by Gasteiger charge is -2.12. The molecule has 1 fully saturated rings. The topological polar surface area (TPSA) is 32.3 Å². The Morgan fingerprint density at radius 3 is 2.47 bits per heavy atom. The van der Waals surface area contributed by atoms with Crippen LogP contribution in [0.2, 0.25) is 0 Å². The number of carbonyl (C=O) groups excluding carboxylic acids is 1. The van der Waals surface area contributed by atoms with Gasteiger partial charge >= 0.3 is 0 Å². The SMILES string of the molecule is CN(C)c1ccc(CCC(=O)NC2CC2)cc1. The summed E-state index contributed by atoms with van der Waals surface area (Å²) >= 11 is 0. The first-order valence-electron chi connectivity index (χ1n) is 6.21. The number of aryl methyl sites for hydroxylation is 1. The van der Waals surface area contributed by atoms with Crippen LogP contribution in [0.15, 0.2) is 24.3 Å². The second-order valence-corrected chi connectivity index (χ2v) is 4.90. The molecule has 0 atom stereocenters. The fraction of sp³-hybridized carbons (Fsp3) is 0.500. The molecule has 1 aliphatic rings. The van der Waals surface area contributed by atoms with Gasteiger partial charge in [0.2, 0.25) is 5.91 Å². The zero-order valence-electron chi connectivity index (χ0n) is 10.6. The van der Waals surface area contributed by atoms with Crippen molar-refractivity contribution >= 4 is 11.6 Å². The molecule has 0 saturated heterocycles. The fourth-order valence-corrected chi connectivity index (χ4v) is 1.75. The quantitative estimate of drug-likeness (QED) is 0.841. The van der Waals surface area contributed by atoms with Gasteiger partial charge in [-0.25, -0.2) is 0 Å². The Kier molecular flexibility index (Phi) is 3.67. The van der Waals surface area contributed by atoms with E-state index in [2.05, 4.69) is 34.5 Å². The molecule has 0 spiro atoms. The molecular weight excluding hydrogens is 212 g/mol. The van der Waals surface area contributed by atoms with Gasteiger partial charge in [-0.2, -0.15) is 0 Å². The average Bonchev–Trinajstić information content (AvgIpc) is 3.11. The highest BCUT2D eigenvalue weighted by molar-refractivity contribution is 5.76. The molecule has 2 rings (SSSR count). The van der Waals surface area contributed by atoms with Gasteiger partial charge in [0, 0.05) is 32.2 Å². The van der Waals surface area contributed by atoms with E-state index in [-0.39, 0.29) is 5.91 Å². The summed E-state index contributed by atoms with van der Waals surface area (Å²) in [4.78, 5) is 13.6. The molecule has 3 heteroatoms. The van der Waals surface area contributed by atoms with E-state index in [9.17, 15) is 4.79 Å². The molecule has 17 heavy (non-hydrogen) atoms. The highest BCUT2D eigenvalue weighted by Crippen LogP contribution is 2.19. The number of hydrogen-bond acceptors (Lipinski definition) is 2. The van der Waals surface area contributed by atoms with Crippen molar-refractivity contribution in [2.75, 3.05) is 19.0 Å². The second kappa shape index (κ2) is 5.21. The molecule has 0 heterocycles. The largest absolute Gasteiger partial charge is 0.378 e. The Balaban J connectivity index is 1.79. The first-order chi connectivity index (χ1) is 8.15. The number of anilines is 1. The van der Waals surface area contributed by atoms with Crippen LogP contribution in [0.1, 0.15) is 24.8 Å². The van der Waals surface area contributed by atoms with Crippen molar-refractivity contribution < 1.29 is 4.79 Å². The normalized spacial score (nSPS) is 14.5. The number of nitrogens with zero attached hydrogens (tertiary/aromatic N) is 1. The van der Waals surface area contributed by atoms with Gasteiger partial charge in [-0.05, 0) is 37.0 Å². The van der Waals surface area contributed by atoms with Crippen molar-refractivity contribution in [1.29, 1.82) is 0 Å². The number of benzene rings is 1. The van der Waals surface area contributed by atoms with Gasteiger partial charge in [0.05, 0.1) is 0 Å². The van der Waals surface area contributed by atoms with Crippen molar-refractivity contribution in [3.63, 3.8) is 0 Å². The predicted octanol–water partition coefficient (Wildman–Crippen LogP) is 1.96. The average molecular weight is 232 g/mol. The Labute approximate surface area is 103 Å². The van der Waals surface area contributed by atoms with Gasteiger partial charge in [-0.1, -0.05) is 12.1 Å². The van der Waals surface area contributed by atoms with Gasteiger partial charge in [0.15, 0.2) is 0 Å². The van der Waals surface area contributed by atoms with E-state index in [1.54, 1.807) is 0 Å². The van der Waals surface area contributed by atoms with E-state index in [1.807, 2.05) is 14.1 Å². The van der Waals surface area contributed by atoms with Crippen LogP contribution in [0.3, 0.4) is 0 Å². The molecule has 1 aromatic rings. The van der Waals surface area contributed by atoms with Gasteiger partial charge < -0.3 is 10.2 Å². The minimum absolute atomic E-state index is 0.184. The van der Waals surface area contributed by atoms with Gasteiger partial charge in [-0.15, -0.1) is 0 Å². The Hall–Kier alpha value is -1.51. The van der Waals surface area contributed by atoms with Gasteiger partial charge in [0.25, 0.3) is 0 Å². The minimum Gasteiger partial charge on any atom is -0.378 e. The maximum absolute atomic E-state index is 11.5. The molecule has 3 nitrogen and oxygen atoms in total. The van der Waals surface area contributed by atoms with Gasteiger partial charge in [0.1, 0.15) is 0 Å². The van der Waals surface area contributed by atoms with E-state index in [0.717, 1.165) is 19.3 Å². The molecule has 0 bridgehead atoms. The van der Waals surface area contributed by atoms with E-state index < -0.39 is 0 Å². The highest BCUT2D eigenvalue weighted by atomic mass is 16.1. The van der Waals surface area contributed by atoms with E-state index in [0.29, 0.717) is 12.5 Å². The van der Waals surface area contributed by atoms with E-state index in [1.165, 1.54) is 11.3 Å². The van der Waals surface area contributed by atoms with E-state index >= 15 is 0 Å². The molecular formula is C14H20N2O. The van der Waals surface area contributed by atoms with Crippen molar-refractivity contribution in [2.24, 2.45) is 0 Å². The molecule has 92 valence electrons. The lowest BCUT2D eigenvalue weighted by Crippen LogP contribution is -2.25. The summed E-state index contributed by atoms with van der Waals surface area (Å²) in [5, 5.41) is 3.01. The molecule has 0 radical (unpaired) electrons. The van der Waals surface area contributed by atoms with Crippen LogP contribution in [0.25, 0.3) is 0 Å². The molecule has 0 unspecified atom stereocenters. The van der Waals surface area contributed by atoms with Crippen LogP contribution in [0, 0.1) is 0 Å². The highest BCUT2D eigenvalue weighted by Gasteiger charge is 2.22. The number of amides is 1. The van der Waals surface area contributed by atoms with Gasteiger partial charge in [-0.3, -0.25) is 4.79 Å². The molecule has 0 aliphatic heterocycles. The van der Waals surface area contributed by atoms with Crippen LogP contribution in [-0.4, -0.2) is 26.0 Å². The fourth-order valence-electron chi connectivity index (χ4n) is 1.75. The maximum Gasteiger partial charge on any atom is 0.220 e. The maximum atomic E-state index is 11.5. The third kappa shape index (κ3) is 3.77. The van der Waals surface area contributed by atoms with Crippen LogP contribution in [0.4, 0.5) is 5.69 Å². The van der Waals surface area contributed by atoms with Crippen molar-refractivity contribution in [2.45, 2.75) is 31.7 Å². The first kappa shape index (κ1) is 12.0.